The molecule has 6 amide bonds. The molecule has 15 rings (SSSR count). The van der Waals surface area contributed by atoms with E-state index in [0.29, 0.717) is 154 Å². The number of nitrogens with zero attached hydrogens (tertiary/aromatic N) is 9. The lowest BCUT2D eigenvalue weighted by atomic mass is 9.92. The highest BCUT2D eigenvalue weighted by Gasteiger charge is 2.47. The van der Waals surface area contributed by atoms with Crippen LogP contribution in [0.2, 0.25) is 30.1 Å². The first-order chi connectivity index (χ1) is 54.2. The van der Waals surface area contributed by atoms with Crippen molar-refractivity contribution >= 4 is 105 Å². The number of carbonyl (C=O) groups is 6. The van der Waals surface area contributed by atoms with Crippen LogP contribution in [0.5, 0.6) is 0 Å². The topological polar surface area (TPSA) is 162 Å². The third-order valence-corrected chi connectivity index (χ3v) is 27.5. The first kappa shape index (κ1) is 84.6. The lowest BCUT2D eigenvalue weighted by Gasteiger charge is -2.43. The van der Waals surface area contributed by atoms with Crippen molar-refractivity contribution in [3.05, 3.63) is 206 Å². The summed E-state index contributed by atoms with van der Waals surface area (Å²) in [4.78, 5) is 99.9. The summed E-state index contributed by atoms with van der Waals surface area (Å²) in [6.45, 7) is 29.6. The second kappa shape index (κ2) is 37.5. The normalized spacial score (nSPS) is 25.6. The van der Waals surface area contributed by atoms with Crippen molar-refractivity contribution in [2.24, 2.45) is 17.8 Å². The number of hydrogen-bond acceptors (Lipinski definition) is 12. The van der Waals surface area contributed by atoms with Gasteiger partial charge in [0.15, 0.2) is 0 Å². The zero-order valence-corrected chi connectivity index (χ0v) is 71.3. The second-order valence-corrected chi connectivity index (χ2v) is 35.5. The van der Waals surface area contributed by atoms with Crippen LogP contribution in [0.1, 0.15) is 171 Å². The summed E-state index contributed by atoms with van der Waals surface area (Å²) < 4.78 is 12.4. The zero-order valence-electron chi connectivity index (χ0n) is 66.8. The van der Waals surface area contributed by atoms with E-state index in [2.05, 4.69) is 59.0 Å². The molecule has 7 saturated heterocycles. The summed E-state index contributed by atoms with van der Waals surface area (Å²) in [5.41, 5.74) is 11.0. The molecule has 10 unspecified atom stereocenters. The molecule has 9 aliphatic rings. The highest BCUT2D eigenvalue weighted by Crippen LogP contribution is 2.43. The molecule has 24 heteroatoms. The van der Waals surface area contributed by atoms with Crippen LogP contribution in [0, 0.1) is 59.3 Å². The molecule has 9 fully saturated rings. The monoisotopic (exact) mass is 1660 g/mol. The van der Waals surface area contributed by atoms with Gasteiger partial charge in [-0.2, -0.15) is 0 Å². The largest absolute Gasteiger partial charge is 0.368 e. The number of rotatable bonds is 18. The van der Waals surface area contributed by atoms with Crippen molar-refractivity contribution in [2.45, 2.75) is 168 Å². The van der Waals surface area contributed by atoms with E-state index in [0.717, 1.165) is 115 Å². The van der Waals surface area contributed by atoms with E-state index >= 15 is 0 Å². The number of halogens is 6. The van der Waals surface area contributed by atoms with Crippen LogP contribution in [-0.2, 0) is 23.9 Å². The molecule has 0 aromatic heterocycles. The second-order valence-electron chi connectivity index (χ2n) is 33.0. The van der Waals surface area contributed by atoms with Crippen LogP contribution in [-0.4, -0.2) is 234 Å². The van der Waals surface area contributed by atoms with Gasteiger partial charge >= 0.3 is 0 Å². The van der Waals surface area contributed by atoms with Gasteiger partial charge in [0.25, 0.3) is 17.7 Å². The van der Waals surface area contributed by atoms with Crippen molar-refractivity contribution in [1.82, 2.24) is 49.4 Å². The molecule has 2 saturated carbocycles. The molecular formula is C89H110Cl6N10O8. The van der Waals surface area contributed by atoms with E-state index in [1.807, 2.05) is 132 Å². The number of likely N-dealkylation sites (tertiary alicyclic amines) is 2. The lowest BCUT2D eigenvalue weighted by molar-refractivity contribution is -0.145. The van der Waals surface area contributed by atoms with E-state index in [9.17, 15) is 28.8 Å². The molecule has 0 spiro atoms. The van der Waals surface area contributed by atoms with Gasteiger partial charge in [0.1, 0.15) is 13.2 Å². The van der Waals surface area contributed by atoms with Crippen molar-refractivity contribution in [2.75, 3.05) is 118 Å². The molecule has 6 aromatic carbocycles. The number of piperazine rings is 3. The van der Waals surface area contributed by atoms with E-state index in [1.165, 1.54) is 25.7 Å². The van der Waals surface area contributed by atoms with Gasteiger partial charge < -0.3 is 54.0 Å². The standard InChI is InChI=1S/C30H38Cl2N4O2.C30H37Cl2N3O3.C29H35Cl2N3O3/c1-4-34-16-22-5-6-23(17-34)29(22)33-15-28(37)36-10-9-35(30(38)24-12-19(2)11-20(3)13-24)18-27(36)21-7-8-25(31)26(32)14-21;1-4-34-23-6-7-24(34)16-25(15-23)38-18-29(36)35-10-9-33(30(37)22-12-19(2)11-20(3)13-22)17-28(35)21-5-8-26(31)27(32)14-21;1-4-32-15-22-12-23(32)14-27(22)37-17-28(35)34-8-7-33(29(36)21-10-18(2)9-19(3)11-21)16-26(34)20-5-6-24(30)25(31)13-20/h7-8,11-14,22-23,27,29,33H,4-6,9-10,15-18H2,1-3H3;5,8,11-14,23-25,28H,4,6-7,9-10,15-18H2,1-3H3;5-6,9-11,13,22-23,26-27H,4,7-8,12,14-17H2,1-3H3. The predicted molar refractivity (Wildman–Crippen MR) is 450 cm³/mol. The van der Waals surface area contributed by atoms with Gasteiger partial charge in [0, 0.05) is 119 Å². The number of nitrogens with one attached hydrogen (secondary N) is 1. The molecule has 0 radical (unpaired) electrons. The lowest BCUT2D eigenvalue weighted by Crippen LogP contribution is -2.56. The van der Waals surface area contributed by atoms with E-state index in [1.54, 1.807) is 30.3 Å². The Bertz CT molecular complexity index is 4390. The molecule has 10 atom stereocenters. The highest BCUT2D eigenvalue weighted by molar-refractivity contribution is 6.43. The summed E-state index contributed by atoms with van der Waals surface area (Å²) in [6.07, 6.45) is 9.33. The molecule has 6 bridgehead atoms. The van der Waals surface area contributed by atoms with Gasteiger partial charge in [-0.3, -0.25) is 33.7 Å². The van der Waals surface area contributed by atoms with Crippen LogP contribution in [0.4, 0.5) is 0 Å². The van der Waals surface area contributed by atoms with Crippen LogP contribution in [0.15, 0.2) is 109 Å². The molecule has 18 nitrogen and oxygen atoms in total. The van der Waals surface area contributed by atoms with Crippen LogP contribution in [0.3, 0.4) is 0 Å². The predicted octanol–water partition coefficient (Wildman–Crippen LogP) is 15.8. The van der Waals surface area contributed by atoms with E-state index < -0.39 is 0 Å². The Morgan fingerprint density at radius 1 is 0.389 bits per heavy atom. The Morgan fingerprint density at radius 2 is 0.779 bits per heavy atom. The van der Waals surface area contributed by atoms with Gasteiger partial charge in [0.05, 0.1) is 67.0 Å². The SMILES string of the molecule is CCN1C2CCC1CC(OCC(=O)N1CCN(C(=O)c3cc(C)cc(C)c3)CC1c1ccc(Cl)c(Cl)c1)C2.CCN1CC2CC1CC2OCC(=O)N1CCN(C(=O)c2cc(C)cc(C)c2)CC1c1ccc(Cl)c(Cl)c1.CCN1CC2CCC(C1)C2NCC(=O)N1CCN(C(=O)c2cc(C)cc(C)c2)CC1c1ccc(Cl)c(Cl)c1. The summed E-state index contributed by atoms with van der Waals surface area (Å²) >= 11 is 37.7. The fourth-order valence-corrected chi connectivity index (χ4v) is 20.8. The minimum absolute atomic E-state index is 0.00802. The fourth-order valence-electron chi connectivity index (χ4n) is 19.9. The first-order valence-electron chi connectivity index (χ1n) is 40.7. The van der Waals surface area contributed by atoms with Crippen LogP contribution >= 0.6 is 69.6 Å². The maximum absolute atomic E-state index is 13.7. The smallest absolute Gasteiger partial charge is 0.254 e. The molecular weight excluding hydrogens is 1550 g/mol. The highest BCUT2D eigenvalue weighted by atomic mass is 35.5. The number of fused-ring (bicyclic) bond motifs is 6. The maximum Gasteiger partial charge on any atom is 0.254 e. The quantitative estimate of drug-likeness (QED) is 0.0868. The summed E-state index contributed by atoms with van der Waals surface area (Å²) in [5, 5.41) is 6.36. The van der Waals surface area contributed by atoms with Crippen molar-refractivity contribution in [3.8, 4) is 0 Å². The van der Waals surface area contributed by atoms with Gasteiger partial charge in [-0.1, -0.05) is 160 Å². The van der Waals surface area contributed by atoms with Crippen LogP contribution < -0.4 is 5.32 Å². The molecule has 113 heavy (non-hydrogen) atoms. The van der Waals surface area contributed by atoms with Crippen molar-refractivity contribution in [3.63, 3.8) is 0 Å². The minimum Gasteiger partial charge on any atom is -0.368 e. The molecule has 606 valence electrons. The van der Waals surface area contributed by atoms with E-state index in [4.69, 9.17) is 79.1 Å². The molecule has 2 aliphatic carbocycles. The maximum atomic E-state index is 13.7. The van der Waals surface area contributed by atoms with Gasteiger partial charge in [0.2, 0.25) is 17.7 Å². The molecule has 7 heterocycles. The molecule has 7 aliphatic heterocycles. The summed E-state index contributed by atoms with van der Waals surface area (Å²) in [7, 11) is 0. The first-order valence-corrected chi connectivity index (χ1v) is 43.0. The average molecular weight is 1660 g/mol. The van der Waals surface area contributed by atoms with Crippen LogP contribution in [0.25, 0.3) is 0 Å². The Hall–Kier alpha value is -6.36. The Morgan fingerprint density at radius 3 is 1.13 bits per heavy atom. The third-order valence-electron chi connectivity index (χ3n) is 25.3. The number of carbonyl (C=O) groups excluding carboxylic acids is 6. The number of ether oxygens (including phenoxy) is 2. The number of hydrogen-bond donors (Lipinski definition) is 1. The third kappa shape index (κ3) is 19.9. The number of aryl methyl sites for hydroxylation is 6. The fraction of sp³-hybridized carbons (Fsp3) is 0.528. The summed E-state index contributed by atoms with van der Waals surface area (Å²) in [6, 6.07) is 35.3. The van der Waals surface area contributed by atoms with Gasteiger partial charge in [-0.15, -0.1) is 0 Å². The number of piperidine rings is 3. The Kier molecular flexibility index (Phi) is 28.1. The Balaban J connectivity index is 0.000000148. The molecule has 1 N–H and O–H groups in total. The van der Waals surface area contributed by atoms with Gasteiger partial charge in [-0.25, -0.2) is 0 Å². The number of amides is 6. The van der Waals surface area contributed by atoms with Gasteiger partial charge in [-0.05, 0) is 220 Å². The van der Waals surface area contributed by atoms with Crippen molar-refractivity contribution < 1.29 is 38.2 Å². The Labute approximate surface area is 697 Å². The van der Waals surface area contributed by atoms with Crippen molar-refractivity contribution in [1.29, 1.82) is 0 Å². The average Bonchev–Trinajstić information content (AvgIpc) is 1.71. The zero-order chi connectivity index (χ0) is 80.2. The number of benzene rings is 6. The minimum atomic E-state index is -0.331. The van der Waals surface area contributed by atoms with E-state index in [-0.39, 0.29) is 79.0 Å². The molecule has 6 aromatic rings. The summed E-state index contributed by atoms with van der Waals surface area (Å²) in [5.74, 6) is 1.64.